The van der Waals surface area contributed by atoms with Gasteiger partial charge in [-0.05, 0) is 27.2 Å². The Morgan fingerprint density at radius 1 is 1.23 bits per heavy atom. The third-order valence-corrected chi connectivity index (χ3v) is 3.65. The Morgan fingerprint density at radius 2 is 1.85 bits per heavy atom. The molecule has 0 spiro atoms. The van der Waals surface area contributed by atoms with Gasteiger partial charge in [-0.1, -0.05) is 0 Å². The maximum absolute atomic E-state index is 9.83. The van der Waals surface area contributed by atoms with Crippen LogP contribution in [0, 0.1) is 5.92 Å². The number of aliphatic hydroxyl groups is 2. The van der Waals surface area contributed by atoms with E-state index in [0.29, 0.717) is 12.8 Å². The van der Waals surface area contributed by atoms with Crippen LogP contribution in [0.2, 0.25) is 0 Å². The highest BCUT2D eigenvalue weighted by atomic mass is 16.5. The Labute approximate surface area is 78.7 Å². The molecule has 3 aliphatic rings. The van der Waals surface area contributed by atoms with Gasteiger partial charge in [0.1, 0.15) is 0 Å². The first kappa shape index (κ1) is 9.44. The molecule has 2 bridgehead atoms. The van der Waals surface area contributed by atoms with Gasteiger partial charge in [-0.25, -0.2) is 0 Å². The lowest BCUT2D eigenvalue weighted by atomic mass is 9.66. The third-order valence-electron chi connectivity index (χ3n) is 3.65. The Hall–Kier alpha value is -0.120. The fourth-order valence-electron chi connectivity index (χ4n) is 2.87. The van der Waals surface area contributed by atoms with Crippen LogP contribution in [0.1, 0.15) is 33.6 Å². The number of rotatable bonds is 0. The van der Waals surface area contributed by atoms with E-state index in [4.69, 9.17) is 4.74 Å². The summed E-state index contributed by atoms with van der Waals surface area (Å²) in [5.41, 5.74) is -0.844. The summed E-state index contributed by atoms with van der Waals surface area (Å²) in [4.78, 5) is 0. The third kappa shape index (κ3) is 1.22. The molecule has 2 aliphatic heterocycles. The Kier molecular flexibility index (Phi) is 1.79. The number of hydrogen-bond acceptors (Lipinski definition) is 3. The zero-order valence-electron chi connectivity index (χ0n) is 8.45. The van der Waals surface area contributed by atoms with E-state index in [0.717, 1.165) is 0 Å². The van der Waals surface area contributed by atoms with Gasteiger partial charge in [0.15, 0.2) is 0 Å². The summed E-state index contributed by atoms with van der Waals surface area (Å²) < 4.78 is 5.83. The highest BCUT2D eigenvalue weighted by molar-refractivity contribution is 5.06. The average Bonchev–Trinajstić information content (AvgIpc) is 1.92. The summed E-state index contributed by atoms with van der Waals surface area (Å²) in [6.07, 6.45) is 0.471. The average molecular weight is 186 g/mol. The predicted molar refractivity (Wildman–Crippen MR) is 48.3 cm³/mol. The van der Waals surface area contributed by atoms with Crippen molar-refractivity contribution in [3.05, 3.63) is 0 Å². The van der Waals surface area contributed by atoms with E-state index in [1.165, 1.54) is 0 Å². The Bertz CT molecular complexity index is 226. The fraction of sp³-hybridized carbons (Fsp3) is 1.00. The molecule has 0 aromatic heterocycles. The van der Waals surface area contributed by atoms with Crippen molar-refractivity contribution in [3.63, 3.8) is 0 Å². The SMILES string of the molecule is CC1(C)OC2(C)CC(O)C1CC2O. The molecule has 0 amide bonds. The summed E-state index contributed by atoms with van der Waals surface area (Å²) in [6, 6.07) is 0. The normalized spacial score (nSPS) is 53.8. The lowest BCUT2D eigenvalue weighted by Gasteiger charge is -2.58. The van der Waals surface area contributed by atoms with E-state index in [-0.39, 0.29) is 17.6 Å². The first-order valence-corrected chi connectivity index (χ1v) is 4.91. The summed E-state index contributed by atoms with van der Waals surface area (Å²) in [7, 11) is 0. The van der Waals surface area contributed by atoms with Gasteiger partial charge in [0.05, 0.1) is 23.4 Å². The zero-order valence-corrected chi connectivity index (χ0v) is 8.45. The second-order valence-electron chi connectivity index (χ2n) is 5.15. The van der Waals surface area contributed by atoms with E-state index < -0.39 is 11.7 Å². The zero-order chi connectivity index (χ0) is 9.85. The molecular weight excluding hydrogens is 168 g/mol. The second kappa shape index (κ2) is 2.47. The molecule has 0 radical (unpaired) electrons. The molecule has 3 rings (SSSR count). The van der Waals surface area contributed by atoms with Crippen molar-refractivity contribution < 1.29 is 14.9 Å². The molecule has 3 nitrogen and oxygen atoms in total. The molecule has 2 N–H and O–H groups in total. The molecule has 3 heteroatoms. The van der Waals surface area contributed by atoms with Crippen molar-refractivity contribution >= 4 is 0 Å². The van der Waals surface area contributed by atoms with Crippen molar-refractivity contribution in [1.82, 2.24) is 0 Å². The standard InChI is InChI=1S/C10H18O3/c1-9(2)6-4-8(12)10(3,13-9)5-7(6)11/h6-8,11-12H,4-5H2,1-3H3. The van der Waals surface area contributed by atoms with Crippen LogP contribution in [0.25, 0.3) is 0 Å². The van der Waals surface area contributed by atoms with Gasteiger partial charge in [-0.15, -0.1) is 0 Å². The Morgan fingerprint density at radius 3 is 2.31 bits per heavy atom. The van der Waals surface area contributed by atoms with Gasteiger partial charge in [-0.2, -0.15) is 0 Å². The number of ether oxygens (including phenoxy) is 1. The molecule has 4 unspecified atom stereocenters. The topological polar surface area (TPSA) is 49.7 Å². The van der Waals surface area contributed by atoms with Crippen molar-refractivity contribution in [1.29, 1.82) is 0 Å². The van der Waals surface area contributed by atoms with E-state index in [1.807, 2.05) is 20.8 Å². The number of hydrogen-bond donors (Lipinski definition) is 2. The van der Waals surface area contributed by atoms with Crippen LogP contribution in [-0.4, -0.2) is 33.6 Å². The molecule has 2 heterocycles. The van der Waals surface area contributed by atoms with Gasteiger partial charge in [0.25, 0.3) is 0 Å². The van der Waals surface area contributed by atoms with E-state index >= 15 is 0 Å². The first-order chi connectivity index (χ1) is 5.85. The molecule has 0 aromatic rings. The van der Waals surface area contributed by atoms with Crippen LogP contribution < -0.4 is 0 Å². The molecule has 1 saturated carbocycles. The molecule has 13 heavy (non-hydrogen) atoms. The monoisotopic (exact) mass is 186 g/mol. The fourth-order valence-corrected chi connectivity index (χ4v) is 2.87. The molecule has 2 saturated heterocycles. The van der Waals surface area contributed by atoms with Crippen LogP contribution >= 0.6 is 0 Å². The summed E-state index contributed by atoms with van der Waals surface area (Å²) in [5, 5.41) is 19.6. The molecular formula is C10H18O3. The van der Waals surface area contributed by atoms with Crippen LogP contribution in [-0.2, 0) is 4.74 Å². The highest BCUT2D eigenvalue weighted by Crippen LogP contribution is 2.49. The first-order valence-electron chi connectivity index (χ1n) is 4.91. The maximum Gasteiger partial charge on any atom is 0.0944 e. The smallest absolute Gasteiger partial charge is 0.0944 e. The van der Waals surface area contributed by atoms with Crippen LogP contribution in [0.4, 0.5) is 0 Å². The van der Waals surface area contributed by atoms with Crippen molar-refractivity contribution in [3.8, 4) is 0 Å². The van der Waals surface area contributed by atoms with Crippen molar-refractivity contribution in [2.75, 3.05) is 0 Å². The minimum absolute atomic E-state index is 0.0734. The molecule has 4 atom stereocenters. The predicted octanol–water partition coefficient (Wildman–Crippen LogP) is 0.686. The van der Waals surface area contributed by atoms with Crippen molar-refractivity contribution in [2.45, 2.75) is 57.0 Å². The van der Waals surface area contributed by atoms with E-state index in [1.54, 1.807) is 0 Å². The lowest BCUT2D eigenvalue weighted by molar-refractivity contribution is -0.300. The largest absolute Gasteiger partial charge is 0.393 e. The van der Waals surface area contributed by atoms with Crippen LogP contribution in [0.3, 0.4) is 0 Å². The van der Waals surface area contributed by atoms with Gasteiger partial charge in [0.2, 0.25) is 0 Å². The summed E-state index contributed by atoms with van der Waals surface area (Å²) >= 11 is 0. The van der Waals surface area contributed by atoms with E-state index in [2.05, 4.69) is 0 Å². The quantitative estimate of drug-likeness (QED) is 0.585. The summed E-state index contributed by atoms with van der Waals surface area (Å²) in [6.45, 7) is 5.87. The van der Waals surface area contributed by atoms with Gasteiger partial charge >= 0.3 is 0 Å². The Balaban J connectivity index is 2.32. The van der Waals surface area contributed by atoms with Gasteiger partial charge < -0.3 is 14.9 Å². The highest BCUT2D eigenvalue weighted by Gasteiger charge is 2.57. The lowest BCUT2D eigenvalue weighted by Crippen LogP contribution is -2.66. The van der Waals surface area contributed by atoms with Crippen molar-refractivity contribution in [2.24, 2.45) is 5.92 Å². The van der Waals surface area contributed by atoms with Crippen LogP contribution in [0.5, 0.6) is 0 Å². The molecule has 1 aliphatic carbocycles. The molecule has 76 valence electrons. The number of aliphatic hydroxyl groups excluding tert-OH is 2. The summed E-state index contributed by atoms with van der Waals surface area (Å²) in [5.74, 6) is 0.0734. The van der Waals surface area contributed by atoms with Gasteiger partial charge in [-0.3, -0.25) is 0 Å². The minimum Gasteiger partial charge on any atom is -0.393 e. The second-order valence-corrected chi connectivity index (χ2v) is 5.15. The van der Waals surface area contributed by atoms with E-state index in [9.17, 15) is 10.2 Å². The number of fused-ring (bicyclic) bond motifs is 3. The van der Waals surface area contributed by atoms with Crippen LogP contribution in [0.15, 0.2) is 0 Å². The maximum atomic E-state index is 9.83. The minimum atomic E-state index is -0.544. The molecule has 3 fully saturated rings. The molecule has 0 aromatic carbocycles. The van der Waals surface area contributed by atoms with Gasteiger partial charge in [0, 0.05) is 12.3 Å².